The molecule has 0 amide bonds. The van der Waals surface area contributed by atoms with E-state index >= 15 is 0 Å². The lowest BCUT2D eigenvalue weighted by molar-refractivity contribution is 0.173. The SMILES string of the molecule is COc1cc(C(O)CNCc2ccccc2)cc(O)c1OC. The maximum absolute atomic E-state index is 10.2. The van der Waals surface area contributed by atoms with Crippen LogP contribution in [0.15, 0.2) is 42.5 Å². The summed E-state index contributed by atoms with van der Waals surface area (Å²) < 4.78 is 10.2. The first-order chi connectivity index (χ1) is 10.7. The predicted octanol–water partition coefficient (Wildman–Crippen LogP) is 2.23. The van der Waals surface area contributed by atoms with E-state index in [1.165, 1.54) is 20.3 Å². The van der Waals surface area contributed by atoms with E-state index in [9.17, 15) is 10.2 Å². The van der Waals surface area contributed by atoms with E-state index in [0.29, 0.717) is 24.4 Å². The topological polar surface area (TPSA) is 71.0 Å². The molecule has 0 radical (unpaired) electrons. The minimum atomic E-state index is -0.755. The number of ether oxygens (including phenoxy) is 2. The summed E-state index contributed by atoms with van der Waals surface area (Å²) in [6, 6.07) is 13.1. The van der Waals surface area contributed by atoms with Crippen LogP contribution in [-0.2, 0) is 6.54 Å². The third kappa shape index (κ3) is 3.90. The molecule has 3 N–H and O–H groups in total. The Morgan fingerprint density at radius 3 is 2.45 bits per heavy atom. The second-order valence-electron chi connectivity index (χ2n) is 4.91. The van der Waals surface area contributed by atoms with Crippen molar-refractivity contribution in [3.63, 3.8) is 0 Å². The summed E-state index contributed by atoms with van der Waals surface area (Å²) in [4.78, 5) is 0. The van der Waals surface area contributed by atoms with E-state index in [1.54, 1.807) is 6.07 Å². The Morgan fingerprint density at radius 1 is 1.09 bits per heavy atom. The number of aromatic hydroxyl groups is 1. The standard InChI is InChI=1S/C17H21NO4/c1-21-16-9-13(8-14(19)17(16)22-2)15(20)11-18-10-12-6-4-3-5-7-12/h3-9,15,18-20H,10-11H2,1-2H3. The van der Waals surface area contributed by atoms with Crippen LogP contribution in [0.5, 0.6) is 17.2 Å². The average Bonchev–Trinajstić information content (AvgIpc) is 2.54. The van der Waals surface area contributed by atoms with Gasteiger partial charge in [-0.3, -0.25) is 0 Å². The van der Waals surface area contributed by atoms with Crippen molar-refractivity contribution in [3.8, 4) is 17.2 Å². The summed E-state index contributed by atoms with van der Waals surface area (Å²) in [5.74, 6) is 0.592. The molecular weight excluding hydrogens is 282 g/mol. The van der Waals surface area contributed by atoms with Gasteiger partial charge in [-0.15, -0.1) is 0 Å². The number of rotatable bonds is 7. The van der Waals surface area contributed by atoms with Crippen molar-refractivity contribution in [2.75, 3.05) is 20.8 Å². The highest BCUT2D eigenvalue weighted by molar-refractivity contribution is 5.53. The number of methoxy groups -OCH3 is 2. The summed E-state index contributed by atoms with van der Waals surface area (Å²) in [7, 11) is 2.94. The zero-order valence-electron chi connectivity index (χ0n) is 12.7. The van der Waals surface area contributed by atoms with Gasteiger partial charge < -0.3 is 25.0 Å². The Morgan fingerprint density at radius 2 is 1.82 bits per heavy atom. The molecule has 0 saturated carbocycles. The van der Waals surface area contributed by atoms with Gasteiger partial charge in [-0.25, -0.2) is 0 Å². The van der Waals surface area contributed by atoms with E-state index in [4.69, 9.17) is 9.47 Å². The second-order valence-corrected chi connectivity index (χ2v) is 4.91. The number of benzene rings is 2. The molecule has 2 rings (SSSR count). The predicted molar refractivity (Wildman–Crippen MR) is 84.3 cm³/mol. The van der Waals surface area contributed by atoms with Crippen molar-refractivity contribution in [2.45, 2.75) is 12.6 Å². The van der Waals surface area contributed by atoms with Gasteiger partial charge in [-0.2, -0.15) is 0 Å². The molecule has 1 unspecified atom stereocenters. The van der Waals surface area contributed by atoms with Crippen molar-refractivity contribution >= 4 is 0 Å². The first-order valence-electron chi connectivity index (χ1n) is 7.03. The van der Waals surface area contributed by atoms with Gasteiger partial charge in [0.2, 0.25) is 5.75 Å². The van der Waals surface area contributed by atoms with E-state index < -0.39 is 6.10 Å². The molecule has 5 nitrogen and oxygen atoms in total. The summed E-state index contributed by atoms with van der Waals surface area (Å²) in [6.45, 7) is 1.03. The van der Waals surface area contributed by atoms with Crippen molar-refractivity contribution < 1.29 is 19.7 Å². The highest BCUT2D eigenvalue weighted by atomic mass is 16.5. The maximum atomic E-state index is 10.2. The van der Waals surface area contributed by atoms with Crippen molar-refractivity contribution in [3.05, 3.63) is 53.6 Å². The van der Waals surface area contributed by atoms with Crippen LogP contribution in [0.2, 0.25) is 0 Å². The molecule has 0 aromatic heterocycles. The first kappa shape index (κ1) is 16.1. The Bertz CT molecular complexity index is 601. The third-order valence-corrected chi connectivity index (χ3v) is 3.38. The zero-order valence-corrected chi connectivity index (χ0v) is 12.7. The van der Waals surface area contributed by atoms with Crippen LogP contribution in [-0.4, -0.2) is 31.0 Å². The molecule has 0 bridgehead atoms. The molecule has 0 aliphatic rings. The molecule has 1 atom stereocenters. The lowest BCUT2D eigenvalue weighted by Crippen LogP contribution is -2.21. The van der Waals surface area contributed by atoms with E-state index in [1.807, 2.05) is 30.3 Å². The summed E-state index contributed by atoms with van der Waals surface area (Å²) in [6.07, 6.45) is -0.755. The van der Waals surface area contributed by atoms with Crippen molar-refractivity contribution in [1.29, 1.82) is 0 Å². The Kier molecular flexibility index (Phi) is 5.63. The Hall–Kier alpha value is -2.24. The van der Waals surface area contributed by atoms with Gasteiger partial charge in [-0.1, -0.05) is 30.3 Å². The smallest absolute Gasteiger partial charge is 0.203 e. The maximum Gasteiger partial charge on any atom is 0.203 e. The molecule has 0 fully saturated rings. The quantitative estimate of drug-likeness (QED) is 0.732. The second kappa shape index (κ2) is 7.68. The molecule has 0 spiro atoms. The van der Waals surface area contributed by atoms with Gasteiger partial charge in [0.15, 0.2) is 11.5 Å². The highest BCUT2D eigenvalue weighted by Crippen LogP contribution is 2.38. The molecular formula is C17H21NO4. The largest absolute Gasteiger partial charge is 0.504 e. The van der Waals surface area contributed by atoms with Gasteiger partial charge in [0.1, 0.15) is 0 Å². The van der Waals surface area contributed by atoms with E-state index in [0.717, 1.165) is 5.56 Å². The molecule has 22 heavy (non-hydrogen) atoms. The molecule has 2 aromatic rings. The molecule has 2 aromatic carbocycles. The van der Waals surface area contributed by atoms with Crippen molar-refractivity contribution in [1.82, 2.24) is 5.32 Å². The lowest BCUT2D eigenvalue weighted by atomic mass is 10.1. The van der Waals surface area contributed by atoms with E-state index in [-0.39, 0.29) is 11.5 Å². The molecule has 0 saturated heterocycles. The van der Waals surface area contributed by atoms with Crippen molar-refractivity contribution in [2.24, 2.45) is 0 Å². The van der Waals surface area contributed by atoms with Crippen LogP contribution in [0.1, 0.15) is 17.2 Å². The van der Waals surface area contributed by atoms with Crippen LogP contribution in [0.3, 0.4) is 0 Å². The Balaban J connectivity index is 2.00. The third-order valence-electron chi connectivity index (χ3n) is 3.38. The average molecular weight is 303 g/mol. The fraction of sp³-hybridized carbons (Fsp3) is 0.294. The monoisotopic (exact) mass is 303 g/mol. The van der Waals surface area contributed by atoms with Gasteiger partial charge in [0, 0.05) is 13.1 Å². The molecule has 0 heterocycles. The van der Waals surface area contributed by atoms with Crippen LogP contribution in [0.25, 0.3) is 0 Å². The van der Waals surface area contributed by atoms with Crippen LogP contribution in [0.4, 0.5) is 0 Å². The highest BCUT2D eigenvalue weighted by Gasteiger charge is 2.16. The number of nitrogens with one attached hydrogen (secondary N) is 1. The fourth-order valence-corrected chi connectivity index (χ4v) is 2.22. The lowest BCUT2D eigenvalue weighted by Gasteiger charge is -2.16. The summed E-state index contributed by atoms with van der Waals surface area (Å²) >= 11 is 0. The molecule has 118 valence electrons. The van der Waals surface area contributed by atoms with Gasteiger partial charge >= 0.3 is 0 Å². The molecule has 0 aliphatic carbocycles. The summed E-state index contributed by atoms with van der Waals surface area (Å²) in [5, 5.41) is 23.3. The van der Waals surface area contributed by atoms with Gasteiger partial charge in [0.25, 0.3) is 0 Å². The number of phenolic OH excluding ortho intramolecular Hbond substituents is 1. The number of hydrogen-bond acceptors (Lipinski definition) is 5. The van der Waals surface area contributed by atoms with Crippen LogP contribution >= 0.6 is 0 Å². The number of phenols is 1. The van der Waals surface area contributed by atoms with E-state index in [2.05, 4.69) is 5.32 Å². The first-order valence-corrected chi connectivity index (χ1v) is 7.03. The zero-order chi connectivity index (χ0) is 15.9. The minimum absolute atomic E-state index is 0.0565. The molecule has 0 aliphatic heterocycles. The van der Waals surface area contributed by atoms with Gasteiger partial charge in [-0.05, 0) is 23.3 Å². The summed E-state index contributed by atoms with van der Waals surface area (Å²) in [5.41, 5.74) is 1.71. The van der Waals surface area contributed by atoms with Crippen LogP contribution < -0.4 is 14.8 Å². The molecule has 5 heteroatoms. The minimum Gasteiger partial charge on any atom is -0.504 e. The number of hydrogen-bond donors (Lipinski definition) is 3. The number of aliphatic hydroxyl groups is 1. The Labute approximate surface area is 130 Å². The normalized spacial score (nSPS) is 12.0. The van der Waals surface area contributed by atoms with Crippen LogP contribution in [0, 0.1) is 0 Å². The van der Waals surface area contributed by atoms with Gasteiger partial charge in [0.05, 0.1) is 20.3 Å². The fourth-order valence-electron chi connectivity index (χ4n) is 2.22. The number of aliphatic hydroxyl groups excluding tert-OH is 1.